The third-order valence-electron chi connectivity index (χ3n) is 2.61. The van der Waals surface area contributed by atoms with E-state index in [4.69, 9.17) is 16.3 Å². The SMILES string of the molecule is COCCCCS(=O)(=O)c1ccc(Cl)c(C(F)(F)F)c1. The summed E-state index contributed by atoms with van der Waals surface area (Å²) in [4.78, 5) is -0.369. The summed E-state index contributed by atoms with van der Waals surface area (Å²) < 4.78 is 66.7. The van der Waals surface area contributed by atoms with E-state index >= 15 is 0 Å². The molecule has 0 spiro atoms. The minimum Gasteiger partial charge on any atom is -0.385 e. The Kier molecular flexibility index (Phi) is 5.85. The molecule has 0 bridgehead atoms. The molecule has 0 saturated heterocycles. The Morgan fingerprint density at radius 1 is 1.25 bits per heavy atom. The van der Waals surface area contributed by atoms with Crippen molar-refractivity contribution in [3.8, 4) is 0 Å². The van der Waals surface area contributed by atoms with Crippen molar-refractivity contribution in [1.82, 2.24) is 0 Å². The summed E-state index contributed by atoms with van der Waals surface area (Å²) in [6.45, 7) is 0.407. The molecule has 1 aromatic rings. The van der Waals surface area contributed by atoms with Crippen LogP contribution in [0.1, 0.15) is 18.4 Å². The molecule has 0 fully saturated rings. The average Bonchev–Trinajstić information content (AvgIpc) is 2.33. The van der Waals surface area contributed by atoms with Gasteiger partial charge in [0.25, 0.3) is 0 Å². The molecule has 0 aliphatic heterocycles. The van der Waals surface area contributed by atoms with Crippen LogP contribution in [0.25, 0.3) is 0 Å². The van der Waals surface area contributed by atoms with E-state index in [2.05, 4.69) is 0 Å². The first-order chi connectivity index (χ1) is 9.18. The molecule has 0 aromatic heterocycles. The number of ether oxygens (including phenoxy) is 1. The molecule has 1 rings (SSSR count). The van der Waals surface area contributed by atoms with E-state index in [1.54, 1.807) is 0 Å². The van der Waals surface area contributed by atoms with Crippen molar-refractivity contribution in [1.29, 1.82) is 0 Å². The zero-order valence-corrected chi connectivity index (χ0v) is 12.3. The molecule has 0 heterocycles. The minimum atomic E-state index is -4.68. The van der Waals surface area contributed by atoms with Crippen molar-refractivity contribution in [3.05, 3.63) is 28.8 Å². The number of benzene rings is 1. The van der Waals surface area contributed by atoms with Gasteiger partial charge in [-0.15, -0.1) is 0 Å². The molecule has 0 N–H and O–H groups in total. The fourth-order valence-electron chi connectivity index (χ4n) is 1.57. The van der Waals surface area contributed by atoms with E-state index in [9.17, 15) is 21.6 Å². The van der Waals surface area contributed by atoms with Crippen LogP contribution >= 0.6 is 11.6 Å². The molecule has 1 aromatic carbocycles. The smallest absolute Gasteiger partial charge is 0.385 e. The first-order valence-electron chi connectivity index (χ1n) is 5.77. The Morgan fingerprint density at radius 2 is 1.90 bits per heavy atom. The zero-order chi connectivity index (χ0) is 15.4. The maximum atomic E-state index is 12.7. The quantitative estimate of drug-likeness (QED) is 0.749. The van der Waals surface area contributed by atoms with Crippen molar-refractivity contribution < 1.29 is 26.3 Å². The maximum absolute atomic E-state index is 12.7. The Balaban J connectivity index is 2.96. The molecule has 0 atom stereocenters. The van der Waals surface area contributed by atoms with Gasteiger partial charge < -0.3 is 4.74 Å². The minimum absolute atomic E-state index is 0.227. The normalized spacial score (nSPS) is 12.7. The van der Waals surface area contributed by atoms with Crippen molar-refractivity contribution in [2.45, 2.75) is 23.9 Å². The molecular weight excluding hydrogens is 317 g/mol. The Bertz CT molecular complexity index is 556. The van der Waals surface area contributed by atoms with Gasteiger partial charge in [-0.05, 0) is 31.0 Å². The van der Waals surface area contributed by atoms with Crippen molar-refractivity contribution in [3.63, 3.8) is 0 Å². The molecule has 114 valence electrons. The topological polar surface area (TPSA) is 43.4 Å². The molecule has 0 amide bonds. The molecular formula is C12H14ClF3O3S. The number of hydrogen-bond donors (Lipinski definition) is 0. The van der Waals surface area contributed by atoms with Gasteiger partial charge in [0.15, 0.2) is 9.84 Å². The van der Waals surface area contributed by atoms with Crippen LogP contribution < -0.4 is 0 Å². The van der Waals surface area contributed by atoms with Crippen molar-refractivity contribution >= 4 is 21.4 Å². The third-order valence-corrected chi connectivity index (χ3v) is 4.74. The van der Waals surface area contributed by atoms with E-state index in [1.807, 2.05) is 0 Å². The van der Waals surface area contributed by atoms with Crippen LogP contribution in [-0.4, -0.2) is 27.9 Å². The molecule has 0 radical (unpaired) electrons. The highest BCUT2D eigenvalue weighted by Gasteiger charge is 2.34. The summed E-state index contributed by atoms with van der Waals surface area (Å²) >= 11 is 5.45. The standard InChI is InChI=1S/C12H14ClF3O3S/c1-19-6-2-3-7-20(17,18)9-4-5-11(13)10(8-9)12(14,15)16/h4-5,8H,2-3,6-7H2,1H3. The second kappa shape index (κ2) is 6.78. The zero-order valence-electron chi connectivity index (χ0n) is 10.7. The summed E-state index contributed by atoms with van der Waals surface area (Å²) in [5.74, 6) is -0.227. The van der Waals surface area contributed by atoms with Gasteiger partial charge in [-0.1, -0.05) is 11.6 Å². The molecule has 20 heavy (non-hydrogen) atoms. The fraction of sp³-hybridized carbons (Fsp3) is 0.500. The van der Waals surface area contributed by atoms with E-state index in [0.29, 0.717) is 25.5 Å². The molecule has 0 aliphatic rings. The second-order valence-electron chi connectivity index (χ2n) is 4.16. The van der Waals surface area contributed by atoms with Gasteiger partial charge in [-0.2, -0.15) is 13.2 Å². The van der Waals surface area contributed by atoms with Gasteiger partial charge in [0.05, 0.1) is 21.2 Å². The lowest BCUT2D eigenvalue weighted by molar-refractivity contribution is -0.137. The lowest BCUT2D eigenvalue weighted by Crippen LogP contribution is -2.11. The van der Waals surface area contributed by atoms with Crippen LogP contribution in [0, 0.1) is 0 Å². The number of halogens is 4. The predicted octanol–water partition coefficient (Wildman–Crippen LogP) is 3.56. The summed E-state index contributed by atoms with van der Waals surface area (Å²) in [6.07, 6.45) is -3.84. The molecule has 0 saturated carbocycles. The van der Waals surface area contributed by atoms with Crippen LogP contribution in [0.2, 0.25) is 5.02 Å². The van der Waals surface area contributed by atoms with Crippen LogP contribution in [0.5, 0.6) is 0 Å². The first kappa shape index (κ1) is 17.3. The number of methoxy groups -OCH3 is 1. The van der Waals surface area contributed by atoms with E-state index in [1.165, 1.54) is 7.11 Å². The third kappa shape index (κ3) is 4.64. The average molecular weight is 331 g/mol. The maximum Gasteiger partial charge on any atom is 0.417 e. The molecule has 0 unspecified atom stereocenters. The molecule has 0 aliphatic carbocycles. The van der Waals surface area contributed by atoms with Gasteiger partial charge in [0.2, 0.25) is 0 Å². The number of alkyl halides is 3. The van der Waals surface area contributed by atoms with Crippen molar-refractivity contribution in [2.24, 2.45) is 0 Å². The van der Waals surface area contributed by atoms with E-state index in [-0.39, 0.29) is 10.6 Å². The number of hydrogen-bond acceptors (Lipinski definition) is 3. The monoisotopic (exact) mass is 330 g/mol. The van der Waals surface area contributed by atoms with Crippen LogP contribution in [0.4, 0.5) is 13.2 Å². The lowest BCUT2D eigenvalue weighted by atomic mass is 10.2. The number of unbranched alkanes of at least 4 members (excludes halogenated alkanes) is 1. The van der Waals surface area contributed by atoms with Gasteiger partial charge in [0, 0.05) is 13.7 Å². The Morgan fingerprint density at radius 3 is 2.45 bits per heavy atom. The first-order valence-corrected chi connectivity index (χ1v) is 7.80. The van der Waals surface area contributed by atoms with E-state index < -0.39 is 26.6 Å². The van der Waals surface area contributed by atoms with Gasteiger partial charge in [-0.3, -0.25) is 0 Å². The van der Waals surface area contributed by atoms with Crippen LogP contribution in [-0.2, 0) is 20.8 Å². The summed E-state index contributed by atoms with van der Waals surface area (Å²) in [7, 11) is -2.27. The highest BCUT2D eigenvalue weighted by Crippen LogP contribution is 2.36. The molecule has 8 heteroatoms. The lowest BCUT2D eigenvalue weighted by Gasteiger charge is -2.11. The number of rotatable bonds is 6. The predicted molar refractivity (Wildman–Crippen MR) is 69.6 cm³/mol. The van der Waals surface area contributed by atoms with E-state index in [0.717, 1.165) is 12.1 Å². The van der Waals surface area contributed by atoms with Gasteiger partial charge >= 0.3 is 6.18 Å². The molecule has 3 nitrogen and oxygen atoms in total. The summed E-state index contributed by atoms with van der Waals surface area (Å²) in [5.41, 5.74) is -1.14. The fourth-order valence-corrected chi connectivity index (χ4v) is 3.19. The summed E-state index contributed by atoms with van der Waals surface area (Å²) in [5, 5.41) is -0.518. The number of sulfone groups is 1. The van der Waals surface area contributed by atoms with Crippen LogP contribution in [0.3, 0.4) is 0 Å². The Labute approximate surface area is 120 Å². The highest BCUT2D eigenvalue weighted by atomic mass is 35.5. The summed E-state index contributed by atoms with van der Waals surface area (Å²) in [6, 6.07) is 2.61. The largest absolute Gasteiger partial charge is 0.417 e. The van der Waals surface area contributed by atoms with Crippen LogP contribution in [0.15, 0.2) is 23.1 Å². The van der Waals surface area contributed by atoms with Gasteiger partial charge in [-0.25, -0.2) is 8.42 Å². The Hall–Kier alpha value is -0.790. The second-order valence-corrected chi connectivity index (χ2v) is 6.67. The van der Waals surface area contributed by atoms with Gasteiger partial charge in [0.1, 0.15) is 0 Å². The van der Waals surface area contributed by atoms with Crippen molar-refractivity contribution in [2.75, 3.05) is 19.5 Å². The highest BCUT2D eigenvalue weighted by molar-refractivity contribution is 7.91.